The molecule has 0 spiro atoms. The van der Waals surface area contributed by atoms with Crippen LogP contribution in [0.5, 0.6) is 0 Å². The van der Waals surface area contributed by atoms with Crippen LogP contribution in [-0.4, -0.2) is 23.2 Å². The monoisotopic (exact) mass is 265 g/mol. The molecule has 2 rings (SSSR count). The molecule has 0 aliphatic carbocycles. The predicted octanol–water partition coefficient (Wildman–Crippen LogP) is 2.89. The molecule has 17 heavy (non-hydrogen) atoms. The van der Waals surface area contributed by atoms with Gasteiger partial charge in [0.25, 0.3) is 0 Å². The van der Waals surface area contributed by atoms with E-state index >= 15 is 0 Å². The molecule has 0 fully saturated rings. The lowest BCUT2D eigenvalue weighted by Gasteiger charge is -2.19. The standard InChI is InChI=1S/C12H15N3S2/c1-2-7-13-12(16)15-11-8-17-10-6-4-3-5-9(10)14-11/h3-6H,2,7-8H2,1H3,(H2,13,14,15,16). The summed E-state index contributed by atoms with van der Waals surface area (Å²) in [6, 6.07) is 8.23. The molecule has 0 atom stereocenters. The minimum Gasteiger partial charge on any atom is -0.361 e. The van der Waals surface area contributed by atoms with Crippen LogP contribution in [0.2, 0.25) is 0 Å². The van der Waals surface area contributed by atoms with Crippen LogP contribution in [-0.2, 0) is 0 Å². The van der Waals surface area contributed by atoms with E-state index in [-0.39, 0.29) is 0 Å². The van der Waals surface area contributed by atoms with Gasteiger partial charge in [-0.3, -0.25) is 0 Å². The van der Waals surface area contributed by atoms with E-state index in [0.717, 1.165) is 30.2 Å². The van der Waals surface area contributed by atoms with Gasteiger partial charge < -0.3 is 10.6 Å². The Labute approximate surface area is 111 Å². The second-order valence-electron chi connectivity index (χ2n) is 3.70. The molecule has 1 aliphatic rings. The van der Waals surface area contributed by atoms with Gasteiger partial charge in [-0.1, -0.05) is 19.1 Å². The molecule has 1 aliphatic heterocycles. The van der Waals surface area contributed by atoms with E-state index in [2.05, 4.69) is 34.7 Å². The maximum Gasteiger partial charge on any atom is 0.194 e. The molecule has 1 heterocycles. The van der Waals surface area contributed by atoms with Crippen molar-refractivity contribution in [2.24, 2.45) is 4.99 Å². The van der Waals surface area contributed by atoms with Crippen LogP contribution in [0, 0.1) is 0 Å². The van der Waals surface area contributed by atoms with Gasteiger partial charge >= 0.3 is 0 Å². The van der Waals surface area contributed by atoms with E-state index in [1.54, 1.807) is 11.8 Å². The van der Waals surface area contributed by atoms with Crippen molar-refractivity contribution in [3.05, 3.63) is 24.3 Å². The number of hydrogen-bond acceptors (Lipinski definition) is 2. The second-order valence-corrected chi connectivity index (χ2v) is 5.10. The lowest BCUT2D eigenvalue weighted by Crippen LogP contribution is -2.26. The molecule has 1 aromatic carbocycles. The number of nitrogens with one attached hydrogen (secondary N) is 2. The van der Waals surface area contributed by atoms with Gasteiger partial charge in [-0.2, -0.15) is 0 Å². The van der Waals surface area contributed by atoms with Crippen LogP contribution in [0.1, 0.15) is 13.3 Å². The number of para-hydroxylation sites is 1. The summed E-state index contributed by atoms with van der Waals surface area (Å²) in [4.78, 5) is 5.64. The van der Waals surface area contributed by atoms with E-state index in [0.29, 0.717) is 5.11 Å². The van der Waals surface area contributed by atoms with E-state index in [1.807, 2.05) is 12.1 Å². The molecule has 1 aromatic rings. The highest BCUT2D eigenvalue weighted by molar-refractivity contribution is 8.00. The predicted molar refractivity (Wildman–Crippen MR) is 79.1 cm³/mol. The smallest absolute Gasteiger partial charge is 0.194 e. The average Bonchev–Trinajstić information content (AvgIpc) is 2.36. The molecule has 0 saturated carbocycles. The maximum atomic E-state index is 5.15. The minimum absolute atomic E-state index is 0.564. The largest absolute Gasteiger partial charge is 0.361 e. The van der Waals surface area contributed by atoms with E-state index < -0.39 is 0 Å². The Morgan fingerprint density at radius 3 is 3.18 bits per heavy atom. The highest BCUT2D eigenvalue weighted by atomic mass is 32.2. The molecule has 0 saturated heterocycles. The quantitative estimate of drug-likeness (QED) is 0.806. The summed E-state index contributed by atoms with van der Waals surface area (Å²) >= 11 is 6.93. The van der Waals surface area contributed by atoms with Gasteiger partial charge in [0, 0.05) is 11.4 Å². The fourth-order valence-electron chi connectivity index (χ4n) is 1.49. The summed E-state index contributed by atoms with van der Waals surface area (Å²) in [7, 11) is 0. The zero-order valence-electron chi connectivity index (χ0n) is 9.69. The highest BCUT2D eigenvalue weighted by Gasteiger charge is 2.13. The number of thioether (sulfide) groups is 1. The minimum atomic E-state index is 0.564. The van der Waals surface area contributed by atoms with E-state index in [4.69, 9.17) is 12.2 Å². The van der Waals surface area contributed by atoms with Crippen molar-refractivity contribution >= 4 is 40.6 Å². The van der Waals surface area contributed by atoms with Gasteiger partial charge in [0.05, 0.1) is 11.4 Å². The van der Waals surface area contributed by atoms with E-state index in [1.165, 1.54) is 4.90 Å². The lowest BCUT2D eigenvalue weighted by molar-refractivity contribution is 0.843. The molecule has 0 radical (unpaired) electrons. The van der Waals surface area contributed by atoms with Crippen molar-refractivity contribution in [1.82, 2.24) is 5.32 Å². The first-order valence-electron chi connectivity index (χ1n) is 5.64. The van der Waals surface area contributed by atoms with Crippen LogP contribution < -0.4 is 10.6 Å². The fourth-order valence-corrected chi connectivity index (χ4v) is 2.58. The van der Waals surface area contributed by atoms with Crippen molar-refractivity contribution in [3.8, 4) is 0 Å². The lowest BCUT2D eigenvalue weighted by atomic mass is 10.3. The Balaban J connectivity index is 2.02. The molecule has 0 unspecified atom stereocenters. The number of anilines is 1. The summed E-state index contributed by atoms with van der Waals surface area (Å²) in [6.45, 7) is 2.98. The molecule has 3 nitrogen and oxygen atoms in total. The summed E-state index contributed by atoms with van der Waals surface area (Å²) in [5.41, 5.74) is 1.11. The van der Waals surface area contributed by atoms with Gasteiger partial charge in [-0.05, 0) is 30.8 Å². The zero-order valence-corrected chi connectivity index (χ0v) is 11.3. The second kappa shape index (κ2) is 6.02. The Morgan fingerprint density at radius 1 is 1.53 bits per heavy atom. The molecular weight excluding hydrogens is 250 g/mol. The normalized spacial score (nSPS) is 16.2. The Bertz CT molecular complexity index is 443. The number of nitrogens with zero attached hydrogens (tertiary/aromatic N) is 1. The van der Waals surface area contributed by atoms with Crippen molar-refractivity contribution in [3.63, 3.8) is 0 Å². The van der Waals surface area contributed by atoms with Gasteiger partial charge in [0.15, 0.2) is 5.11 Å². The van der Waals surface area contributed by atoms with Gasteiger partial charge in [0.1, 0.15) is 5.84 Å². The molecule has 0 bridgehead atoms. The first-order chi connectivity index (χ1) is 8.29. The van der Waals surface area contributed by atoms with Crippen LogP contribution >= 0.6 is 24.0 Å². The van der Waals surface area contributed by atoms with E-state index in [9.17, 15) is 0 Å². The topological polar surface area (TPSA) is 36.4 Å². The Hall–Kier alpha value is -1.07. The van der Waals surface area contributed by atoms with Crippen molar-refractivity contribution in [1.29, 1.82) is 0 Å². The van der Waals surface area contributed by atoms with Crippen LogP contribution in [0.15, 0.2) is 34.2 Å². The van der Waals surface area contributed by atoms with Crippen LogP contribution in [0.25, 0.3) is 0 Å². The molecule has 0 amide bonds. The third-order valence-electron chi connectivity index (χ3n) is 2.29. The summed E-state index contributed by atoms with van der Waals surface area (Å²) in [5.74, 6) is 1.76. The number of rotatable bonds is 2. The van der Waals surface area contributed by atoms with Crippen molar-refractivity contribution in [2.45, 2.75) is 18.2 Å². The van der Waals surface area contributed by atoms with Gasteiger partial charge in [-0.15, -0.1) is 11.8 Å². The average molecular weight is 265 g/mol. The molecule has 0 aromatic heterocycles. The summed E-state index contributed by atoms with van der Waals surface area (Å²) < 4.78 is 0. The Kier molecular flexibility index (Phi) is 4.39. The number of benzene rings is 1. The molecule has 2 N–H and O–H groups in total. The van der Waals surface area contributed by atoms with Gasteiger partial charge in [0.2, 0.25) is 0 Å². The zero-order chi connectivity index (χ0) is 12.1. The Morgan fingerprint density at radius 2 is 2.35 bits per heavy atom. The summed E-state index contributed by atoms with van der Waals surface area (Å²) in [5, 5.41) is 6.97. The third kappa shape index (κ3) is 3.44. The number of hydrogen-bond donors (Lipinski definition) is 2. The fraction of sp³-hybridized carbons (Fsp3) is 0.333. The highest BCUT2D eigenvalue weighted by Crippen LogP contribution is 2.30. The number of fused-ring (bicyclic) bond motifs is 1. The SMILES string of the molecule is CCCNC(=S)N=C1CSc2ccccc2N1. The number of aliphatic imine (C=N–C) groups is 1. The van der Waals surface area contributed by atoms with Crippen molar-refractivity contribution in [2.75, 3.05) is 17.6 Å². The van der Waals surface area contributed by atoms with Crippen molar-refractivity contribution < 1.29 is 0 Å². The molecule has 90 valence electrons. The first kappa shape index (κ1) is 12.4. The summed E-state index contributed by atoms with van der Waals surface area (Å²) in [6.07, 6.45) is 1.05. The number of amidine groups is 1. The van der Waals surface area contributed by atoms with Gasteiger partial charge in [-0.25, -0.2) is 4.99 Å². The maximum absolute atomic E-state index is 5.15. The molecule has 5 heteroatoms. The van der Waals surface area contributed by atoms with Crippen LogP contribution in [0.4, 0.5) is 5.69 Å². The third-order valence-corrected chi connectivity index (χ3v) is 3.61. The first-order valence-corrected chi connectivity index (χ1v) is 7.03. The molecular formula is C12H15N3S2. The van der Waals surface area contributed by atoms with Crippen LogP contribution in [0.3, 0.4) is 0 Å². The number of thiocarbonyl (C=S) groups is 1.